The molecule has 0 aliphatic rings. The van der Waals surface area contributed by atoms with Gasteiger partial charge in [0.15, 0.2) is 0 Å². The van der Waals surface area contributed by atoms with Crippen LogP contribution >= 0.6 is 0 Å². The molecule has 2 atom stereocenters. The van der Waals surface area contributed by atoms with Crippen molar-refractivity contribution in [2.24, 2.45) is 5.92 Å². The fraction of sp³-hybridized carbons (Fsp3) is 0.462. The van der Waals surface area contributed by atoms with Crippen LogP contribution in [0.1, 0.15) is 38.8 Å². The van der Waals surface area contributed by atoms with Crippen molar-refractivity contribution in [3.63, 3.8) is 0 Å². The smallest absolute Gasteiger partial charge is 0.223 e. The number of nitrogens with one attached hydrogen (secondary N) is 1. The minimum atomic E-state index is 0.0905. The number of carbonyl (C=O) groups is 1. The van der Waals surface area contributed by atoms with E-state index in [0.29, 0.717) is 0 Å². The molecule has 1 amide bonds. The van der Waals surface area contributed by atoms with E-state index in [2.05, 4.69) is 5.32 Å². The molecule has 15 heavy (non-hydrogen) atoms. The van der Waals surface area contributed by atoms with Crippen LogP contribution in [-0.2, 0) is 4.79 Å². The van der Waals surface area contributed by atoms with Gasteiger partial charge in [0.25, 0.3) is 0 Å². The summed E-state index contributed by atoms with van der Waals surface area (Å²) in [4.78, 5) is 11.6. The Bertz CT molecular complexity index is 308. The van der Waals surface area contributed by atoms with Crippen LogP contribution in [0.3, 0.4) is 0 Å². The number of hydrogen-bond donors (Lipinski definition) is 1. The number of benzene rings is 1. The van der Waals surface area contributed by atoms with E-state index < -0.39 is 0 Å². The molecule has 2 nitrogen and oxygen atoms in total. The Morgan fingerprint density at radius 1 is 1.27 bits per heavy atom. The average molecular weight is 205 g/mol. The molecule has 0 saturated heterocycles. The van der Waals surface area contributed by atoms with Crippen LogP contribution in [0.2, 0.25) is 0 Å². The van der Waals surface area contributed by atoms with Crippen LogP contribution in [0, 0.1) is 5.92 Å². The minimum Gasteiger partial charge on any atom is -0.349 e. The molecule has 0 fully saturated rings. The third-order valence-electron chi connectivity index (χ3n) is 2.72. The van der Waals surface area contributed by atoms with Gasteiger partial charge in [-0.1, -0.05) is 44.2 Å². The number of rotatable bonds is 4. The van der Waals surface area contributed by atoms with E-state index in [9.17, 15) is 4.79 Å². The molecule has 82 valence electrons. The molecule has 1 aromatic carbocycles. The predicted octanol–water partition coefficient (Wildman–Crippen LogP) is 2.91. The zero-order valence-electron chi connectivity index (χ0n) is 9.66. The van der Waals surface area contributed by atoms with Crippen molar-refractivity contribution in [3.8, 4) is 0 Å². The summed E-state index contributed by atoms with van der Waals surface area (Å²) in [6, 6.07) is 10.1. The molecule has 0 heterocycles. The molecule has 0 radical (unpaired) electrons. The molecule has 0 saturated carbocycles. The number of hydrogen-bond acceptors (Lipinski definition) is 1. The lowest BCUT2D eigenvalue weighted by atomic mass is 10.1. The Morgan fingerprint density at radius 2 is 1.87 bits per heavy atom. The molecule has 0 spiro atoms. The first-order chi connectivity index (χ1) is 7.15. The summed E-state index contributed by atoms with van der Waals surface area (Å²) in [6.45, 7) is 5.99. The van der Waals surface area contributed by atoms with Gasteiger partial charge in [0.05, 0.1) is 6.04 Å². The van der Waals surface area contributed by atoms with Crippen molar-refractivity contribution in [1.29, 1.82) is 0 Å². The van der Waals surface area contributed by atoms with Crippen molar-refractivity contribution in [2.75, 3.05) is 0 Å². The zero-order valence-corrected chi connectivity index (χ0v) is 9.66. The Labute approximate surface area is 91.7 Å². The molecule has 1 aromatic rings. The summed E-state index contributed by atoms with van der Waals surface area (Å²) in [5.41, 5.74) is 1.15. The van der Waals surface area contributed by atoms with Crippen LogP contribution in [-0.4, -0.2) is 5.91 Å². The minimum absolute atomic E-state index is 0.0905. The van der Waals surface area contributed by atoms with Gasteiger partial charge in [0.2, 0.25) is 5.91 Å². The first-order valence-electron chi connectivity index (χ1n) is 5.50. The van der Waals surface area contributed by atoms with Gasteiger partial charge in [-0.2, -0.15) is 0 Å². The Balaban J connectivity index is 2.56. The number of amides is 1. The lowest BCUT2D eigenvalue weighted by molar-refractivity contribution is -0.125. The van der Waals surface area contributed by atoms with Gasteiger partial charge in [-0.15, -0.1) is 0 Å². The Morgan fingerprint density at radius 3 is 2.40 bits per heavy atom. The highest BCUT2D eigenvalue weighted by Gasteiger charge is 2.13. The first-order valence-corrected chi connectivity index (χ1v) is 5.50. The van der Waals surface area contributed by atoms with Crippen molar-refractivity contribution in [1.82, 2.24) is 5.32 Å². The SMILES string of the molecule is CC[C@@H](C)C(=O)N[C@H](C)c1ccccc1. The maximum Gasteiger partial charge on any atom is 0.223 e. The molecule has 1 rings (SSSR count). The monoisotopic (exact) mass is 205 g/mol. The van der Waals surface area contributed by atoms with Crippen molar-refractivity contribution in [3.05, 3.63) is 35.9 Å². The van der Waals surface area contributed by atoms with Gasteiger partial charge < -0.3 is 5.32 Å². The van der Waals surface area contributed by atoms with Gasteiger partial charge in [-0.25, -0.2) is 0 Å². The molecular formula is C13H19NO. The molecule has 0 aliphatic heterocycles. The summed E-state index contributed by atoms with van der Waals surface area (Å²) in [7, 11) is 0. The average Bonchev–Trinajstić information content (AvgIpc) is 2.29. The topological polar surface area (TPSA) is 29.1 Å². The second-order valence-electron chi connectivity index (χ2n) is 3.95. The lowest BCUT2D eigenvalue weighted by Gasteiger charge is -2.16. The summed E-state index contributed by atoms with van der Waals surface area (Å²) in [5.74, 6) is 0.227. The molecular weight excluding hydrogens is 186 g/mol. The molecule has 2 heteroatoms. The summed E-state index contributed by atoms with van der Waals surface area (Å²) in [5, 5.41) is 3.01. The normalized spacial score (nSPS) is 14.3. The highest BCUT2D eigenvalue weighted by Crippen LogP contribution is 2.12. The summed E-state index contributed by atoms with van der Waals surface area (Å²) >= 11 is 0. The molecule has 1 N–H and O–H groups in total. The lowest BCUT2D eigenvalue weighted by Crippen LogP contribution is -2.31. The van der Waals surface area contributed by atoms with Crippen molar-refractivity contribution < 1.29 is 4.79 Å². The molecule has 0 aromatic heterocycles. The van der Waals surface area contributed by atoms with E-state index in [1.165, 1.54) is 0 Å². The van der Waals surface area contributed by atoms with E-state index >= 15 is 0 Å². The van der Waals surface area contributed by atoms with Crippen LogP contribution in [0.25, 0.3) is 0 Å². The first kappa shape index (κ1) is 11.8. The predicted molar refractivity (Wildman–Crippen MR) is 62.5 cm³/mol. The molecule has 0 bridgehead atoms. The quantitative estimate of drug-likeness (QED) is 0.804. The van der Waals surface area contributed by atoms with Gasteiger partial charge in [0, 0.05) is 5.92 Å². The second-order valence-corrected chi connectivity index (χ2v) is 3.95. The van der Waals surface area contributed by atoms with Gasteiger partial charge in [-0.3, -0.25) is 4.79 Å². The fourth-order valence-electron chi connectivity index (χ4n) is 1.37. The highest BCUT2D eigenvalue weighted by molar-refractivity contribution is 5.78. The van der Waals surface area contributed by atoms with E-state index in [4.69, 9.17) is 0 Å². The van der Waals surface area contributed by atoms with Crippen molar-refractivity contribution >= 4 is 5.91 Å². The Kier molecular flexibility index (Phi) is 4.35. The molecule has 0 unspecified atom stereocenters. The highest BCUT2D eigenvalue weighted by atomic mass is 16.1. The van der Waals surface area contributed by atoms with Crippen LogP contribution < -0.4 is 5.32 Å². The second kappa shape index (κ2) is 5.54. The van der Waals surface area contributed by atoms with E-state index in [-0.39, 0.29) is 17.9 Å². The Hall–Kier alpha value is -1.31. The standard InChI is InChI=1S/C13H19NO/c1-4-10(2)13(15)14-11(3)12-8-6-5-7-9-12/h5-11H,4H2,1-3H3,(H,14,15)/t10-,11-/m1/s1. The van der Waals surface area contributed by atoms with Gasteiger partial charge >= 0.3 is 0 Å². The largest absolute Gasteiger partial charge is 0.349 e. The van der Waals surface area contributed by atoms with Gasteiger partial charge in [-0.05, 0) is 18.9 Å². The maximum absolute atomic E-state index is 11.6. The third kappa shape index (κ3) is 3.39. The summed E-state index contributed by atoms with van der Waals surface area (Å²) < 4.78 is 0. The zero-order chi connectivity index (χ0) is 11.3. The summed E-state index contributed by atoms with van der Waals surface area (Å²) in [6.07, 6.45) is 0.882. The van der Waals surface area contributed by atoms with E-state index in [0.717, 1.165) is 12.0 Å². The van der Waals surface area contributed by atoms with Gasteiger partial charge in [0.1, 0.15) is 0 Å². The van der Waals surface area contributed by atoms with Crippen LogP contribution in [0.5, 0.6) is 0 Å². The number of carbonyl (C=O) groups excluding carboxylic acids is 1. The van der Waals surface area contributed by atoms with E-state index in [1.807, 2.05) is 51.1 Å². The van der Waals surface area contributed by atoms with Crippen molar-refractivity contribution in [2.45, 2.75) is 33.2 Å². The van der Waals surface area contributed by atoms with Crippen LogP contribution in [0.15, 0.2) is 30.3 Å². The van der Waals surface area contributed by atoms with Crippen LogP contribution in [0.4, 0.5) is 0 Å². The molecule has 0 aliphatic carbocycles. The van der Waals surface area contributed by atoms with E-state index in [1.54, 1.807) is 0 Å². The maximum atomic E-state index is 11.6. The third-order valence-corrected chi connectivity index (χ3v) is 2.72. The fourth-order valence-corrected chi connectivity index (χ4v) is 1.37.